The van der Waals surface area contributed by atoms with Crippen molar-refractivity contribution in [3.8, 4) is 5.75 Å². The molecule has 1 saturated heterocycles. The first-order chi connectivity index (χ1) is 9.31. The Balaban J connectivity index is 1.67. The van der Waals surface area contributed by atoms with Gasteiger partial charge in [0.05, 0.1) is 6.61 Å². The average molecular weight is 259 g/mol. The molecule has 0 aromatic heterocycles. The highest BCUT2D eigenvalue weighted by molar-refractivity contribution is 5.37. The van der Waals surface area contributed by atoms with E-state index in [1.807, 2.05) is 0 Å². The molecule has 2 nitrogen and oxygen atoms in total. The van der Waals surface area contributed by atoms with Crippen molar-refractivity contribution in [2.45, 2.75) is 39.0 Å². The summed E-state index contributed by atoms with van der Waals surface area (Å²) in [7, 11) is 0. The predicted molar refractivity (Wildman–Crippen MR) is 78.7 cm³/mol. The van der Waals surface area contributed by atoms with E-state index in [-0.39, 0.29) is 0 Å². The molecular formula is C17H25NO. The van der Waals surface area contributed by atoms with Gasteiger partial charge >= 0.3 is 0 Å². The van der Waals surface area contributed by atoms with Crippen LogP contribution < -0.4 is 10.1 Å². The molecule has 3 rings (SSSR count). The lowest BCUT2D eigenvalue weighted by molar-refractivity contribution is 0.292. The maximum absolute atomic E-state index is 6.04. The SMILES string of the molecule is Cc1ccc(OCC2CC2)c(CC2CCNCC2)c1. The summed E-state index contributed by atoms with van der Waals surface area (Å²) >= 11 is 0. The lowest BCUT2D eigenvalue weighted by Gasteiger charge is -2.23. The largest absolute Gasteiger partial charge is 0.493 e. The van der Waals surface area contributed by atoms with Crippen molar-refractivity contribution in [2.75, 3.05) is 19.7 Å². The number of aryl methyl sites for hydroxylation is 1. The summed E-state index contributed by atoms with van der Waals surface area (Å²) in [5.41, 5.74) is 2.77. The Morgan fingerprint density at radius 1 is 1.11 bits per heavy atom. The van der Waals surface area contributed by atoms with Gasteiger partial charge in [-0.3, -0.25) is 0 Å². The topological polar surface area (TPSA) is 21.3 Å². The Labute approximate surface area is 116 Å². The van der Waals surface area contributed by atoms with Crippen LogP contribution >= 0.6 is 0 Å². The smallest absolute Gasteiger partial charge is 0.122 e. The van der Waals surface area contributed by atoms with Crippen LogP contribution in [0.15, 0.2) is 18.2 Å². The number of ether oxygens (including phenoxy) is 1. The molecule has 1 aliphatic carbocycles. The van der Waals surface area contributed by atoms with Gasteiger partial charge in [0.2, 0.25) is 0 Å². The first-order valence-corrected chi connectivity index (χ1v) is 7.74. The Morgan fingerprint density at radius 2 is 1.89 bits per heavy atom. The molecule has 1 saturated carbocycles. The molecule has 2 heteroatoms. The van der Waals surface area contributed by atoms with Crippen molar-refractivity contribution in [3.05, 3.63) is 29.3 Å². The molecule has 0 amide bonds. The van der Waals surface area contributed by atoms with E-state index >= 15 is 0 Å². The third kappa shape index (κ3) is 3.73. The monoisotopic (exact) mass is 259 g/mol. The molecule has 0 atom stereocenters. The zero-order valence-corrected chi connectivity index (χ0v) is 12.0. The number of piperidine rings is 1. The molecule has 1 heterocycles. The number of hydrogen-bond donors (Lipinski definition) is 1. The highest BCUT2D eigenvalue weighted by Crippen LogP contribution is 2.31. The van der Waals surface area contributed by atoms with Crippen molar-refractivity contribution in [1.82, 2.24) is 5.32 Å². The Hall–Kier alpha value is -1.02. The molecule has 0 bridgehead atoms. The maximum atomic E-state index is 6.04. The number of rotatable bonds is 5. The summed E-state index contributed by atoms with van der Waals surface area (Å²) < 4.78 is 6.04. The first kappa shape index (κ1) is 13.0. The van der Waals surface area contributed by atoms with Crippen LogP contribution in [0, 0.1) is 18.8 Å². The zero-order valence-electron chi connectivity index (χ0n) is 12.0. The molecule has 1 N–H and O–H groups in total. The first-order valence-electron chi connectivity index (χ1n) is 7.74. The van der Waals surface area contributed by atoms with E-state index in [1.165, 1.54) is 56.3 Å². The van der Waals surface area contributed by atoms with E-state index in [0.717, 1.165) is 24.2 Å². The van der Waals surface area contributed by atoms with E-state index in [9.17, 15) is 0 Å². The third-order valence-corrected chi connectivity index (χ3v) is 4.35. The van der Waals surface area contributed by atoms with Gasteiger partial charge in [-0.25, -0.2) is 0 Å². The van der Waals surface area contributed by atoms with Crippen molar-refractivity contribution in [3.63, 3.8) is 0 Å². The molecule has 2 aliphatic rings. The van der Waals surface area contributed by atoms with Crippen molar-refractivity contribution >= 4 is 0 Å². The fourth-order valence-electron chi connectivity index (χ4n) is 2.90. The summed E-state index contributed by atoms with van der Waals surface area (Å²) in [6.45, 7) is 5.45. The van der Waals surface area contributed by atoms with Crippen LogP contribution in [0.4, 0.5) is 0 Å². The van der Waals surface area contributed by atoms with Gasteiger partial charge in [0, 0.05) is 0 Å². The number of hydrogen-bond acceptors (Lipinski definition) is 2. The molecule has 1 aromatic rings. The number of nitrogens with one attached hydrogen (secondary N) is 1. The summed E-state index contributed by atoms with van der Waals surface area (Å²) in [4.78, 5) is 0. The second kappa shape index (κ2) is 5.96. The Morgan fingerprint density at radius 3 is 2.63 bits per heavy atom. The standard InChI is InChI=1S/C17H25NO/c1-13-2-5-17(19-12-15-3-4-15)16(10-13)11-14-6-8-18-9-7-14/h2,5,10,14-15,18H,3-4,6-9,11-12H2,1H3. The van der Waals surface area contributed by atoms with E-state index in [2.05, 4.69) is 30.4 Å². The van der Waals surface area contributed by atoms with E-state index in [1.54, 1.807) is 0 Å². The predicted octanol–water partition coefficient (Wildman–Crippen LogP) is 3.33. The van der Waals surface area contributed by atoms with Gasteiger partial charge in [-0.2, -0.15) is 0 Å². The molecule has 1 aromatic carbocycles. The van der Waals surface area contributed by atoms with Crippen molar-refractivity contribution in [2.24, 2.45) is 11.8 Å². The van der Waals surface area contributed by atoms with Crippen LogP contribution in [-0.2, 0) is 6.42 Å². The lowest BCUT2D eigenvalue weighted by atomic mass is 9.90. The second-order valence-corrected chi connectivity index (χ2v) is 6.26. The van der Waals surface area contributed by atoms with E-state index < -0.39 is 0 Å². The van der Waals surface area contributed by atoms with Gasteiger partial charge < -0.3 is 10.1 Å². The van der Waals surface area contributed by atoms with Gasteiger partial charge in [0.15, 0.2) is 0 Å². The van der Waals surface area contributed by atoms with Gasteiger partial charge in [-0.1, -0.05) is 17.7 Å². The third-order valence-electron chi connectivity index (χ3n) is 4.35. The van der Waals surface area contributed by atoms with Crippen LogP contribution in [0.1, 0.15) is 36.8 Å². The molecule has 0 radical (unpaired) electrons. The van der Waals surface area contributed by atoms with Crippen LogP contribution in [0.3, 0.4) is 0 Å². The minimum absolute atomic E-state index is 0.825. The van der Waals surface area contributed by atoms with Gasteiger partial charge in [0.1, 0.15) is 5.75 Å². The summed E-state index contributed by atoms with van der Waals surface area (Å²) in [6, 6.07) is 6.67. The summed E-state index contributed by atoms with van der Waals surface area (Å²) in [6.07, 6.45) is 6.50. The van der Waals surface area contributed by atoms with Crippen LogP contribution in [0.2, 0.25) is 0 Å². The summed E-state index contributed by atoms with van der Waals surface area (Å²) in [5, 5.41) is 3.44. The van der Waals surface area contributed by atoms with Crippen molar-refractivity contribution in [1.29, 1.82) is 0 Å². The van der Waals surface area contributed by atoms with Gasteiger partial charge in [-0.05, 0) is 75.6 Å². The average Bonchev–Trinajstić information content (AvgIpc) is 3.23. The second-order valence-electron chi connectivity index (χ2n) is 6.26. The minimum atomic E-state index is 0.825. The molecule has 0 unspecified atom stereocenters. The molecule has 0 spiro atoms. The van der Waals surface area contributed by atoms with Gasteiger partial charge in [-0.15, -0.1) is 0 Å². The highest BCUT2D eigenvalue weighted by Gasteiger charge is 2.23. The Kier molecular flexibility index (Phi) is 4.07. The zero-order chi connectivity index (χ0) is 13.1. The number of benzene rings is 1. The fraction of sp³-hybridized carbons (Fsp3) is 0.647. The maximum Gasteiger partial charge on any atom is 0.122 e. The van der Waals surface area contributed by atoms with Crippen LogP contribution in [-0.4, -0.2) is 19.7 Å². The van der Waals surface area contributed by atoms with Crippen LogP contribution in [0.5, 0.6) is 5.75 Å². The minimum Gasteiger partial charge on any atom is -0.493 e. The summed E-state index contributed by atoms with van der Waals surface area (Å²) in [5.74, 6) is 2.79. The molecule has 2 fully saturated rings. The molecule has 104 valence electrons. The van der Waals surface area contributed by atoms with Crippen molar-refractivity contribution < 1.29 is 4.74 Å². The fourth-order valence-corrected chi connectivity index (χ4v) is 2.90. The lowest BCUT2D eigenvalue weighted by Crippen LogP contribution is -2.28. The Bertz CT molecular complexity index is 419. The molecule has 19 heavy (non-hydrogen) atoms. The van der Waals surface area contributed by atoms with E-state index in [0.29, 0.717) is 0 Å². The normalized spacial score (nSPS) is 20.5. The molecule has 1 aliphatic heterocycles. The van der Waals surface area contributed by atoms with E-state index in [4.69, 9.17) is 4.74 Å². The van der Waals surface area contributed by atoms with Crippen LogP contribution in [0.25, 0.3) is 0 Å². The quantitative estimate of drug-likeness (QED) is 0.876. The highest BCUT2D eigenvalue weighted by atomic mass is 16.5. The molecular weight excluding hydrogens is 234 g/mol. The van der Waals surface area contributed by atoms with Gasteiger partial charge in [0.25, 0.3) is 0 Å².